The Morgan fingerprint density at radius 3 is 2.70 bits per heavy atom. The number of nitrogens with zero attached hydrogens (tertiary/aromatic N) is 2. The molecule has 0 aliphatic carbocycles. The van der Waals surface area contributed by atoms with Gasteiger partial charge in [0.25, 0.3) is 5.69 Å². The van der Waals surface area contributed by atoms with Crippen molar-refractivity contribution in [1.82, 2.24) is 10.2 Å². The highest BCUT2D eigenvalue weighted by Gasteiger charge is 2.27. The molecule has 1 N–H and O–H groups in total. The normalized spacial score (nSPS) is 15.3. The molecule has 124 valence electrons. The fourth-order valence-corrected chi connectivity index (χ4v) is 3.41. The van der Waals surface area contributed by atoms with E-state index in [2.05, 4.69) is 5.32 Å². The van der Waals surface area contributed by atoms with Gasteiger partial charge in [-0.1, -0.05) is 6.07 Å². The number of thioether (sulfide) groups is 1. The molecule has 2 amide bonds. The summed E-state index contributed by atoms with van der Waals surface area (Å²) in [5, 5.41) is 13.5. The quantitative estimate of drug-likeness (QED) is 0.485. The molecule has 1 aromatic rings. The minimum atomic E-state index is -0.616. The number of nitrogens with one attached hydrogen (secondary N) is 1. The number of nitro groups is 1. The Balaban J connectivity index is 2.02. The van der Waals surface area contributed by atoms with E-state index in [1.165, 1.54) is 30.8 Å². The summed E-state index contributed by atoms with van der Waals surface area (Å²) < 4.78 is 0. The molecule has 1 atom stereocenters. The summed E-state index contributed by atoms with van der Waals surface area (Å²) in [6.07, 6.45) is 1.97. The summed E-state index contributed by atoms with van der Waals surface area (Å²) in [5.41, 5.74) is 0.0111. The van der Waals surface area contributed by atoms with E-state index in [1.807, 2.05) is 0 Å². The van der Waals surface area contributed by atoms with Gasteiger partial charge >= 0.3 is 0 Å². The van der Waals surface area contributed by atoms with Gasteiger partial charge in [0.1, 0.15) is 6.04 Å². The molecule has 0 spiro atoms. The van der Waals surface area contributed by atoms with Crippen LogP contribution in [0.3, 0.4) is 0 Å². The maximum atomic E-state index is 12.5. The maximum Gasteiger partial charge on any atom is 0.270 e. The lowest BCUT2D eigenvalue weighted by Gasteiger charge is -2.23. The number of likely N-dealkylation sites (tertiary alicyclic amines) is 1. The molecule has 0 bridgehead atoms. The van der Waals surface area contributed by atoms with Crippen molar-refractivity contribution in [2.24, 2.45) is 0 Å². The molecule has 1 unspecified atom stereocenters. The van der Waals surface area contributed by atoms with E-state index in [0.29, 0.717) is 10.6 Å². The van der Waals surface area contributed by atoms with Crippen molar-refractivity contribution in [3.05, 3.63) is 34.4 Å². The number of amides is 2. The number of hydrogen-bond acceptors (Lipinski definition) is 5. The summed E-state index contributed by atoms with van der Waals surface area (Å²) in [4.78, 5) is 36.6. The van der Waals surface area contributed by atoms with Crippen molar-refractivity contribution in [3.8, 4) is 0 Å². The van der Waals surface area contributed by atoms with E-state index >= 15 is 0 Å². The smallest absolute Gasteiger partial charge is 0.270 e. The third kappa shape index (κ3) is 4.95. The fourth-order valence-electron chi connectivity index (χ4n) is 2.44. The van der Waals surface area contributed by atoms with Crippen molar-refractivity contribution in [2.45, 2.75) is 30.7 Å². The van der Waals surface area contributed by atoms with E-state index in [-0.39, 0.29) is 17.5 Å². The standard InChI is InChI=1S/C15H19N3O4S/c1-11(19)16-14(15(20)17-7-2-3-8-17)10-23-13-6-4-5-12(9-13)18(21)22/h4-6,9,14H,2-3,7-8,10H2,1H3,(H,16,19). The molecular weight excluding hydrogens is 318 g/mol. The van der Waals surface area contributed by atoms with Crippen LogP contribution in [0.25, 0.3) is 0 Å². The van der Waals surface area contributed by atoms with Crippen molar-refractivity contribution < 1.29 is 14.5 Å². The number of carbonyl (C=O) groups is 2. The summed E-state index contributed by atoms with van der Waals surface area (Å²) in [6, 6.07) is 5.63. The van der Waals surface area contributed by atoms with Gasteiger partial charge in [-0.3, -0.25) is 19.7 Å². The fraction of sp³-hybridized carbons (Fsp3) is 0.467. The lowest BCUT2D eigenvalue weighted by molar-refractivity contribution is -0.385. The van der Waals surface area contributed by atoms with Crippen LogP contribution in [-0.2, 0) is 9.59 Å². The van der Waals surface area contributed by atoms with Gasteiger partial charge in [-0.25, -0.2) is 0 Å². The van der Waals surface area contributed by atoms with Gasteiger partial charge in [-0.2, -0.15) is 0 Å². The van der Waals surface area contributed by atoms with Gasteiger partial charge < -0.3 is 10.2 Å². The van der Waals surface area contributed by atoms with E-state index in [1.54, 1.807) is 17.0 Å². The first kappa shape index (κ1) is 17.3. The van der Waals surface area contributed by atoms with Crippen LogP contribution in [0.5, 0.6) is 0 Å². The molecule has 0 aromatic heterocycles. The molecule has 1 aliphatic rings. The zero-order chi connectivity index (χ0) is 16.8. The molecule has 1 aromatic carbocycles. The highest BCUT2D eigenvalue weighted by molar-refractivity contribution is 7.99. The molecule has 1 saturated heterocycles. The predicted octanol–water partition coefficient (Wildman–Crippen LogP) is 1.81. The average Bonchev–Trinajstić information content (AvgIpc) is 3.05. The number of carbonyl (C=O) groups excluding carboxylic acids is 2. The molecule has 1 heterocycles. The minimum Gasteiger partial charge on any atom is -0.344 e. The van der Waals surface area contributed by atoms with Crippen LogP contribution in [-0.4, -0.2) is 46.5 Å². The van der Waals surface area contributed by atoms with Crippen molar-refractivity contribution in [1.29, 1.82) is 0 Å². The second-order valence-electron chi connectivity index (χ2n) is 5.35. The summed E-state index contributed by atoms with van der Waals surface area (Å²) in [7, 11) is 0. The van der Waals surface area contributed by atoms with Crippen LogP contribution >= 0.6 is 11.8 Å². The van der Waals surface area contributed by atoms with Crippen LogP contribution in [0, 0.1) is 10.1 Å². The van der Waals surface area contributed by atoms with Crippen LogP contribution in [0.1, 0.15) is 19.8 Å². The Morgan fingerprint density at radius 2 is 2.09 bits per heavy atom. The Hall–Kier alpha value is -2.09. The van der Waals surface area contributed by atoms with E-state index in [0.717, 1.165) is 25.9 Å². The Labute approximate surface area is 138 Å². The molecular formula is C15H19N3O4S. The van der Waals surface area contributed by atoms with E-state index < -0.39 is 11.0 Å². The highest BCUT2D eigenvalue weighted by Crippen LogP contribution is 2.24. The van der Waals surface area contributed by atoms with Crippen LogP contribution in [0.2, 0.25) is 0 Å². The van der Waals surface area contributed by atoms with Crippen LogP contribution < -0.4 is 5.32 Å². The third-order valence-corrected chi connectivity index (χ3v) is 4.63. The molecule has 23 heavy (non-hydrogen) atoms. The molecule has 1 aliphatic heterocycles. The number of hydrogen-bond donors (Lipinski definition) is 1. The predicted molar refractivity (Wildman–Crippen MR) is 87.2 cm³/mol. The van der Waals surface area contributed by atoms with Gasteiger partial charge in [0.15, 0.2) is 0 Å². The second-order valence-corrected chi connectivity index (χ2v) is 6.44. The van der Waals surface area contributed by atoms with Crippen molar-refractivity contribution in [3.63, 3.8) is 0 Å². The Bertz CT molecular complexity index is 602. The van der Waals surface area contributed by atoms with Crippen LogP contribution in [0.15, 0.2) is 29.2 Å². The molecule has 0 radical (unpaired) electrons. The topological polar surface area (TPSA) is 92.5 Å². The minimum absolute atomic E-state index is 0.0111. The van der Waals surface area contributed by atoms with Gasteiger partial charge in [-0.05, 0) is 18.9 Å². The number of non-ortho nitro benzene ring substituents is 1. The van der Waals surface area contributed by atoms with E-state index in [4.69, 9.17) is 0 Å². The average molecular weight is 337 g/mol. The lowest BCUT2D eigenvalue weighted by Crippen LogP contribution is -2.48. The van der Waals surface area contributed by atoms with Crippen molar-refractivity contribution in [2.75, 3.05) is 18.8 Å². The zero-order valence-corrected chi connectivity index (χ0v) is 13.7. The van der Waals surface area contributed by atoms with E-state index in [9.17, 15) is 19.7 Å². The maximum absolute atomic E-state index is 12.5. The monoisotopic (exact) mass is 337 g/mol. The summed E-state index contributed by atoms with van der Waals surface area (Å²) >= 11 is 1.32. The van der Waals surface area contributed by atoms with Gasteiger partial charge in [0.05, 0.1) is 4.92 Å². The SMILES string of the molecule is CC(=O)NC(CSc1cccc([N+](=O)[O-])c1)C(=O)N1CCCC1. The molecule has 8 heteroatoms. The first-order valence-electron chi connectivity index (χ1n) is 7.40. The van der Waals surface area contributed by atoms with Gasteiger partial charge in [0.2, 0.25) is 11.8 Å². The number of nitro benzene ring substituents is 1. The van der Waals surface area contributed by atoms with Crippen molar-refractivity contribution >= 4 is 29.3 Å². The summed E-state index contributed by atoms with van der Waals surface area (Å²) in [5.74, 6) is -0.00591. The summed E-state index contributed by atoms with van der Waals surface area (Å²) in [6.45, 7) is 2.81. The van der Waals surface area contributed by atoms with Gasteiger partial charge in [0, 0.05) is 42.8 Å². The first-order valence-corrected chi connectivity index (χ1v) is 8.39. The molecule has 2 rings (SSSR count). The molecule has 0 saturated carbocycles. The second kappa shape index (κ2) is 7.96. The largest absolute Gasteiger partial charge is 0.344 e. The van der Waals surface area contributed by atoms with Gasteiger partial charge in [-0.15, -0.1) is 11.8 Å². The lowest BCUT2D eigenvalue weighted by atomic mass is 10.3. The zero-order valence-electron chi connectivity index (χ0n) is 12.9. The molecule has 7 nitrogen and oxygen atoms in total. The Morgan fingerprint density at radius 1 is 1.39 bits per heavy atom. The number of benzene rings is 1. The third-order valence-electron chi connectivity index (χ3n) is 3.54. The number of rotatable bonds is 6. The molecule has 1 fully saturated rings. The van der Waals surface area contributed by atoms with Crippen LogP contribution in [0.4, 0.5) is 5.69 Å². The highest BCUT2D eigenvalue weighted by atomic mass is 32.2. The Kier molecular flexibility index (Phi) is 5.97. The first-order chi connectivity index (χ1) is 11.0.